The van der Waals surface area contributed by atoms with E-state index in [9.17, 15) is 0 Å². The van der Waals surface area contributed by atoms with Crippen molar-refractivity contribution in [3.8, 4) is 0 Å². The molecule has 1 aromatic heterocycles. The van der Waals surface area contributed by atoms with E-state index in [0.717, 1.165) is 12.4 Å². The molecule has 0 amide bonds. The van der Waals surface area contributed by atoms with Gasteiger partial charge in [0, 0.05) is 22.6 Å². The van der Waals surface area contributed by atoms with Crippen LogP contribution in [0.3, 0.4) is 0 Å². The van der Waals surface area contributed by atoms with E-state index < -0.39 is 0 Å². The van der Waals surface area contributed by atoms with Crippen LogP contribution in [0.4, 0.5) is 6.01 Å². The highest BCUT2D eigenvalue weighted by molar-refractivity contribution is 8.00. The van der Waals surface area contributed by atoms with Gasteiger partial charge in [-0.2, -0.15) is 4.98 Å². The lowest BCUT2D eigenvalue weighted by Gasteiger charge is -2.10. The fourth-order valence-electron chi connectivity index (χ4n) is 1.55. The van der Waals surface area contributed by atoms with Crippen LogP contribution >= 0.6 is 11.8 Å². The molecule has 0 saturated carbocycles. The highest BCUT2D eigenvalue weighted by Gasteiger charge is 2.10. The maximum absolute atomic E-state index is 5.15. The number of aromatic nitrogens is 2. The summed E-state index contributed by atoms with van der Waals surface area (Å²) in [5, 5.41) is 7.53. The number of nitrogens with one attached hydrogen (secondary N) is 1. The number of hydrogen-bond acceptors (Lipinski definition) is 5. The topological polar surface area (TPSA) is 51.0 Å². The van der Waals surface area contributed by atoms with E-state index in [1.807, 2.05) is 31.7 Å². The molecule has 1 aromatic carbocycles. The first-order chi connectivity index (χ1) is 9.15. The van der Waals surface area contributed by atoms with Crippen LogP contribution in [-0.2, 0) is 0 Å². The Balaban J connectivity index is 1.81. The minimum atomic E-state index is 0.287. The number of benzene rings is 1. The molecule has 1 heterocycles. The first kappa shape index (κ1) is 13.9. The summed E-state index contributed by atoms with van der Waals surface area (Å²) >= 11 is 1.82. The Morgan fingerprint density at radius 2 is 1.95 bits per heavy atom. The van der Waals surface area contributed by atoms with Gasteiger partial charge in [-0.3, -0.25) is 0 Å². The first-order valence-corrected chi connectivity index (χ1v) is 7.32. The molecular weight excluding hydrogens is 258 g/mol. The largest absolute Gasteiger partial charge is 0.337 e. The molecule has 0 radical (unpaired) electrons. The zero-order valence-electron chi connectivity index (χ0n) is 11.5. The predicted molar refractivity (Wildman–Crippen MR) is 78.6 cm³/mol. The summed E-state index contributed by atoms with van der Waals surface area (Å²) in [6.07, 6.45) is 0. The van der Waals surface area contributed by atoms with E-state index in [1.54, 1.807) is 0 Å². The SMILES string of the molecule is CC(CNc1nc(C(C)C)no1)Sc1ccccc1. The van der Waals surface area contributed by atoms with Crippen molar-refractivity contribution in [2.24, 2.45) is 0 Å². The van der Waals surface area contributed by atoms with Crippen LogP contribution in [0.25, 0.3) is 0 Å². The maximum atomic E-state index is 5.15. The zero-order valence-corrected chi connectivity index (χ0v) is 12.3. The van der Waals surface area contributed by atoms with E-state index in [-0.39, 0.29) is 5.92 Å². The summed E-state index contributed by atoms with van der Waals surface area (Å²) < 4.78 is 5.15. The zero-order chi connectivity index (χ0) is 13.7. The summed E-state index contributed by atoms with van der Waals surface area (Å²) in [4.78, 5) is 5.56. The van der Waals surface area contributed by atoms with Gasteiger partial charge in [-0.25, -0.2) is 0 Å². The lowest BCUT2D eigenvalue weighted by Crippen LogP contribution is -2.13. The van der Waals surface area contributed by atoms with Crippen LogP contribution in [0.1, 0.15) is 32.5 Å². The van der Waals surface area contributed by atoms with Crippen LogP contribution in [-0.4, -0.2) is 21.9 Å². The van der Waals surface area contributed by atoms with Crippen LogP contribution in [0.2, 0.25) is 0 Å². The Labute approximate surface area is 118 Å². The van der Waals surface area contributed by atoms with Crippen LogP contribution < -0.4 is 5.32 Å². The van der Waals surface area contributed by atoms with Gasteiger partial charge in [0.2, 0.25) is 0 Å². The predicted octanol–water partition coefficient (Wildman–Crippen LogP) is 3.79. The molecule has 0 spiro atoms. The van der Waals surface area contributed by atoms with Crippen molar-refractivity contribution in [3.63, 3.8) is 0 Å². The van der Waals surface area contributed by atoms with Crippen molar-refractivity contribution >= 4 is 17.8 Å². The molecule has 1 atom stereocenters. The lowest BCUT2D eigenvalue weighted by molar-refractivity contribution is 0.419. The van der Waals surface area contributed by atoms with Gasteiger partial charge in [-0.15, -0.1) is 11.8 Å². The molecule has 0 saturated heterocycles. The van der Waals surface area contributed by atoms with Crippen molar-refractivity contribution in [3.05, 3.63) is 36.2 Å². The molecule has 2 aromatic rings. The second kappa shape index (κ2) is 6.61. The molecule has 4 nitrogen and oxygen atoms in total. The molecule has 0 bridgehead atoms. The second-order valence-corrected chi connectivity index (χ2v) is 6.25. The van der Waals surface area contributed by atoms with Gasteiger partial charge in [0.25, 0.3) is 0 Å². The lowest BCUT2D eigenvalue weighted by atomic mass is 10.2. The normalized spacial score (nSPS) is 12.6. The Hall–Kier alpha value is -1.49. The third kappa shape index (κ3) is 4.28. The van der Waals surface area contributed by atoms with Gasteiger partial charge >= 0.3 is 6.01 Å². The minimum Gasteiger partial charge on any atom is -0.337 e. The van der Waals surface area contributed by atoms with Gasteiger partial charge in [0.05, 0.1) is 0 Å². The molecule has 0 aliphatic rings. The Bertz CT molecular complexity index is 498. The smallest absolute Gasteiger partial charge is 0.321 e. The fraction of sp³-hybridized carbons (Fsp3) is 0.429. The highest BCUT2D eigenvalue weighted by Crippen LogP contribution is 2.22. The standard InChI is InChI=1S/C14H19N3OS/c1-10(2)13-16-14(18-17-13)15-9-11(3)19-12-7-5-4-6-8-12/h4-8,10-11H,9H2,1-3H3,(H,15,16,17). The maximum Gasteiger partial charge on any atom is 0.321 e. The number of thioether (sulfide) groups is 1. The van der Waals surface area contributed by atoms with E-state index in [1.165, 1.54) is 4.90 Å². The third-order valence-corrected chi connectivity index (χ3v) is 3.69. The summed E-state index contributed by atoms with van der Waals surface area (Å²) in [5.74, 6) is 1.03. The molecule has 0 aliphatic heterocycles. The van der Waals surface area contributed by atoms with Gasteiger partial charge < -0.3 is 9.84 Å². The van der Waals surface area contributed by atoms with Crippen molar-refractivity contribution in [1.82, 2.24) is 10.1 Å². The van der Waals surface area contributed by atoms with Gasteiger partial charge in [-0.05, 0) is 12.1 Å². The van der Waals surface area contributed by atoms with Crippen molar-refractivity contribution in [2.75, 3.05) is 11.9 Å². The molecule has 0 aliphatic carbocycles. The number of anilines is 1. The monoisotopic (exact) mass is 277 g/mol. The summed E-state index contributed by atoms with van der Waals surface area (Å²) in [5.41, 5.74) is 0. The highest BCUT2D eigenvalue weighted by atomic mass is 32.2. The van der Waals surface area contributed by atoms with Crippen LogP contribution in [0.5, 0.6) is 0 Å². The van der Waals surface area contributed by atoms with E-state index in [2.05, 4.69) is 46.6 Å². The molecule has 1 N–H and O–H groups in total. The molecule has 5 heteroatoms. The Morgan fingerprint density at radius 3 is 2.58 bits per heavy atom. The van der Waals surface area contributed by atoms with Crippen molar-refractivity contribution in [1.29, 1.82) is 0 Å². The summed E-state index contributed by atoms with van der Waals surface area (Å²) in [6, 6.07) is 10.9. The summed E-state index contributed by atoms with van der Waals surface area (Å²) in [6.45, 7) is 7.05. The van der Waals surface area contributed by atoms with E-state index in [4.69, 9.17) is 4.52 Å². The third-order valence-electron chi connectivity index (χ3n) is 2.58. The summed E-state index contributed by atoms with van der Waals surface area (Å²) in [7, 11) is 0. The number of hydrogen-bond donors (Lipinski definition) is 1. The van der Waals surface area contributed by atoms with E-state index >= 15 is 0 Å². The Morgan fingerprint density at radius 1 is 1.21 bits per heavy atom. The molecular formula is C14H19N3OS. The quantitative estimate of drug-likeness (QED) is 0.814. The fourth-order valence-corrected chi connectivity index (χ4v) is 2.49. The molecule has 19 heavy (non-hydrogen) atoms. The molecule has 1 unspecified atom stereocenters. The first-order valence-electron chi connectivity index (χ1n) is 6.44. The van der Waals surface area contributed by atoms with Gasteiger partial charge in [-0.1, -0.05) is 44.1 Å². The van der Waals surface area contributed by atoms with E-state index in [0.29, 0.717) is 11.3 Å². The van der Waals surface area contributed by atoms with Crippen molar-refractivity contribution < 1.29 is 4.52 Å². The van der Waals surface area contributed by atoms with Gasteiger partial charge in [0.15, 0.2) is 5.82 Å². The second-order valence-electron chi connectivity index (χ2n) is 4.73. The van der Waals surface area contributed by atoms with Gasteiger partial charge in [0.1, 0.15) is 0 Å². The van der Waals surface area contributed by atoms with Crippen molar-refractivity contribution in [2.45, 2.75) is 36.8 Å². The van der Waals surface area contributed by atoms with Crippen LogP contribution in [0, 0.1) is 0 Å². The molecule has 102 valence electrons. The average Bonchev–Trinajstić information content (AvgIpc) is 2.86. The molecule has 2 rings (SSSR count). The average molecular weight is 277 g/mol. The minimum absolute atomic E-state index is 0.287. The van der Waals surface area contributed by atoms with Crippen LogP contribution in [0.15, 0.2) is 39.8 Å². The molecule has 0 fully saturated rings. The number of rotatable bonds is 6. The number of nitrogens with zero attached hydrogens (tertiary/aromatic N) is 2. The Kier molecular flexibility index (Phi) is 4.85.